The summed E-state index contributed by atoms with van der Waals surface area (Å²) in [6.45, 7) is 3.00. The number of hydrogen-bond donors (Lipinski definition) is 2. The zero-order chi connectivity index (χ0) is 16.9. The van der Waals surface area contributed by atoms with Crippen molar-refractivity contribution in [2.24, 2.45) is 0 Å². The zero-order valence-electron chi connectivity index (χ0n) is 13.1. The van der Waals surface area contributed by atoms with Crippen LogP contribution >= 0.6 is 0 Å². The van der Waals surface area contributed by atoms with Crippen LogP contribution in [0.2, 0.25) is 0 Å². The predicted octanol–water partition coefficient (Wildman–Crippen LogP) is 0.592. The Morgan fingerprint density at radius 3 is 2.65 bits per heavy atom. The molecule has 8 heteroatoms. The first-order valence-corrected chi connectivity index (χ1v) is 9.10. The monoisotopic (exact) mass is 342 g/mol. The van der Waals surface area contributed by atoms with Crippen LogP contribution < -0.4 is 10.1 Å². The first kappa shape index (κ1) is 17.7. The second-order valence-corrected chi connectivity index (χ2v) is 7.09. The van der Waals surface area contributed by atoms with Gasteiger partial charge in [-0.25, -0.2) is 8.42 Å². The van der Waals surface area contributed by atoms with Crippen LogP contribution in [0, 0.1) is 0 Å². The number of carbonyl (C=O) groups excluding carboxylic acids is 1. The first-order valence-electron chi connectivity index (χ1n) is 7.66. The molecule has 0 radical (unpaired) electrons. The summed E-state index contributed by atoms with van der Waals surface area (Å²) in [5.74, 6) is -0.182. The van der Waals surface area contributed by atoms with Crippen molar-refractivity contribution in [3.05, 3.63) is 23.8 Å². The summed E-state index contributed by atoms with van der Waals surface area (Å²) in [7, 11) is -3.69. The van der Waals surface area contributed by atoms with Gasteiger partial charge in [-0.1, -0.05) is 0 Å². The van der Waals surface area contributed by atoms with Gasteiger partial charge in [0.2, 0.25) is 10.0 Å². The molecule has 1 aromatic carbocycles. The molecule has 0 aromatic heterocycles. The molecule has 1 amide bonds. The molecule has 1 heterocycles. The fourth-order valence-corrected chi connectivity index (χ4v) is 4.14. The van der Waals surface area contributed by atoms with Gasteiger partial charge >= 0.3 is 0 Å². The summed E-state index contributed by atoms with van der Waals surface area (Å²) in [5.41, 5.74) is 0.222. The van der Waals surface area contributed by atoms with Crippen LogP contribution in [0.1, 0.15) is 30.1 Å². The Kier molecular flexibility index (Phi) is 5.97. The lowest BCUT2D eigenvalue weighted by Crippen LogP contribution is -2.29. The molecular formula is C15H22N2O5S. The van der Waals surface area contributed by atoms with E-state index >= 15 is 0 Å². The Hall–Kier alpha value is -1.64. The molecule has 0 aliphatic carbocycles. The van der Waals surface area contributed by atoms with E-state index in [9.17, 15) is 13.2 Å². The molecule has 1 aromatic rings. The molecular weight excluding hydrogens is 320 g/mol. The van der Waals surface area contributed by atoms with Crippen LogP contribution in [0.15, 0.2) is 23.1 Å². The molecule has 0 atom stereocenters. The summed E-state index contributed by atoms with van der Waals surface area (Å²) < 4.78 is 32.4. The van der Waals surface area contributed by atoms with Crippen LogP contribution in [0.25, 0.3) is 0 Å². The standard InChI is InChI=1S/C15H22N2O5S/c1-2-22-13-6-5-12(15(19)16-7-10-18)11-14(13)23(20,21)17-8-3-4-9-17/h5-6,11,18H,2-4,7-10H2,1H3,(H,16,19). The highest BCUT2D eigenvalue weighted by Gasteiger charge is 2.30. The van der Waals surface area contributed by atoms with E-state index in [0.717, 1.165) is 12.8 Å². The summed E-state index contributed by atoms with van der Waals surface area (Å²) in [6.07, 6.45) is 1.67. The highest BCUT2D eigenvalue weighted by Crippen LogP contribution is 2.30. The number of amides is 1. The summed E-state index contributed by atoms with van der Waals surface area (Å²) in [6, 6.07) is 4.35. The van der Waals surface area contributed by atoms with Crippen molar-refractivity contribution >= 4 is 15.9 Å². The van der Waals surface area contributed by atoms with Crippen LogP contribution in [-0.4, -0.2) is 56.6 Å². The number of sulfonamides is 1. The third-order valence-electron chi connectivity index (χ3n) is 3.59. The SMILES string of the molecule is CCOc1ccc(C(=O)NCCO)cc1S(=O)(=O)N1CCCC1. The average molecular weight is 342 g/mol. The second-order valence-electron chi connectivity index (χ2n) is 5.19. The number of ether oxygens (including phenoxy) is 1. The number of nitrogens with one attached hydrogen (secondary N) is 1. The molecule has 0 saturated carbocycles. The van der Waals surface area contributed by atoms with E-state index in [0.29, 0.717) is 19.7 Å². The van der Waals surface area contributed by atoms with E-state index in [-0.39, 0.29) is 29.4 Å². The number of benzene rings is 1. The van der Waals surface area contributed by atoms with Gasteiger partial charge in [-0.05, 0) is 38.0 Å². The van der Waals surface area contributed by atoms with E-state index in [1.807, 2.05) is 0 Å². The maximum atomic E-state index is 12.8. The van der Waals surface area contributed by atoms with Crippen molar-refractivity contribution in [1.82, 2.24) is 9.62 Å². The molecule has 0 unspecified atom stereocenters. The highest BCUT2D eigenvalue weighted by molar-refractivity contribution is 7.89. The summed E-state index contributed by atoms with van der Waals surface area (Å²) in [4.78, 5) is 12.0. The zero-order valence-corrected chi connectivity index (χ0v) is 13.9. The fourth-order valence-electron chi connectivity index (χ4n) is 2.46. The third kappa shape index (κ3) is 4.01. The van der Waals surface area contributed by atoms with Crippen molar-refractivity contribution < 1.29 is 23.1 Å². The van der Waals surface area contributed by atoms with Crippen molar-refractivity contribution in [2.45, 2.75) is 24.7 Å². The fraction of sp³-hybridized carbons (Fsp3) is 0.533. The number of hydrogen-bond acceptors (Lipinski definition) is 5. The lowest BCUT2D eigenvalue weighted by molar-refractivity contribution is 0.0944. The number of nitrogens with zero attached hydrogens (tertiary/aromatic N) is 1. The number of carbonyl (C=O) groups is 1. The minimum Gasteiger partial charge on any atom is -0.492 e. The number of aliphatic hydroxyl groups is 1. The summed E-state index contributed by atoms with van der Waals surface area (Å²) in [5, 5.41) is 11.3. The van der Waals surface area contributed by atoms with Crippen LogP contribution in [0.4, 0.5) is 0 Å². The minimum absolute atomic E-state index is 0.0119. The molecule has 0 bridgehead atoms. The molecule has 1 aliphatic rings. The Morgan fingerprint density at radius 1 is 1.35 bits per heavy atom. The van der Waals surface area contributed by atoms with Gasteiger partial charge in [0.15, 0.2) is 0 Å². The molecule has 7 nitrogen and oxygen atoms in total. The van der Waals surface area contributed by atoms with Gasteiger partial charge in [0.1, 0.15) is 10.6 Å². The van der Waals surface area contributed by atoms with Crippen molar-refractivity contribution in [2.75, 3.05) is 32.8 Å². The van der Waals surface area contributed by atoms with Crippen molar-refractivity contribution in [3.63, 3.8) is 0 Å². The van der Waals surface area contributed by atoms with Gasteiger partial charge in [0, 0.05) is 25.2 Å². The maximum Gasteiger partial charge on any atom is 0.251 e. The minimum atomic E-state index is -3.69. The molecule has 128 valence electrons. The lowest BCUT2D eigenvalue weighted by Gasteiger charge is -2.18. The van der Waals surface area contributed by atoms with E-state index in [2.05, 4.69) is 5.32 Å². The van der Waals surface area contributed by atoms with E-state index in [1.165, 1.54) is 22.5 Å². The topological polar surface area (TPSA) is 95.9 Å². The van der Waals surface area contributed by atoms with Crippen molar-refractivity contribution in [3.8, 4) is 5.75 Å². The highest BCUT2D eigenvalue weighted by atomic mass is 32.2. The van der Waals surface area contributed by atoms with Crippen LogP contribution in [0.3, 0.4) is 0 Å². The lowest BCUT2D eigenvalue weighted by atomic mass is 10.2. The van der Waals surface area contributed by atoms with Gasteiger partial charge in [-0.3, -0.25) is 4.79 Å². The van der Waals surface area contributed by atoms with Gasteiger partial charge in [-0.15, -0.1) is 0 Å². The van der Waals surface area contributed by atoms with Crippen molar-refractivity contribution in [1.29, 1.82) is 0 Å². The quantitative estimate of drug-likeness (QED) is 0.756. The molecule has 23 heavy (non-hydrogen) atoms. The number of rotatable bonds is 7. The Bertz CT molecular complexity index is 654. The molecule has 2 rings (SSSR count). The van der Waals surface area contributed by atoms with Crippen LogP contribution in [0.5, 0.6) is 5.75 Å². The predicted molar refractivity (Wildman–Crippen MR) is 85.0 cm³/mol. The largest absolute Gasteiger partial charge is 0.492 e. The Morgan fingerprint density at radius 2 is 2.04 bits per heavy atom. The van der Waals surface area contributed by atoms with Gasteiger partial charge in [0.25, 0.3) is 5.91 Å². The summed E-state index contributed by atoms with van der Waals surface area (Å²) >= 11 is 0. The Balaban J connectivity index is 2.39. The molecule has 1 fully saturated rings. The van der Waals surface area contributed by atoms with E-state index in [4.69, 9.17) is 9.84 Å². The smallest absolute Gasteiger partial charge is 0.251 e. The average Bonchev–Trinajstić information content (AvgIpc) is 3.08. The maximum absolute atomic E-state index is 12.8. The van der Waals surface area contributed by atoms with E-state index in [1.54, 1.807) is 6.92 Å². The third-order valence-corrected chi connectivity index (χ3v) is 5.51. The second kappa shape index (κ2) is 7.76. The number of aliphatic hydroxyl groups excluding tert-OH is 1. The van der Waals surface area contributed by atoms with Crippen LogP contribution in [-0.2, 0) is 10.0 Å². The molecule has 0 spiro atoms. The van der Waals surface area contributed by atoms with Gasteiger partial charge in [-0.2, -0.15) is 4.31 Å². The molecule has 1 aliphatic heterocycles. The first-order chi connectivity index (χ1) is 11.0. The van der Waals surface area contributed by atoms with Gasteiger partial charge in [0.05, 0.1) is 13.2 Å². The molecule has 1 saturated heterocycles. The normalized spacial score (nSPS) is 15.6. The Labute approximate surface area is 136 Å². The van der Waals surface area contributed by atoms with Gasteiger partial charge < -0.3 is 15.2 Å². The molecule has 2 N–H and O–H groups in total. The van der Waals surface area contributed by atoms with E-state index < -0.39 is 15.9 Å².